The minimum absolute atomic E-state index is 0.147. The van der Waals surface area contributed by atoms with E-state index in [1.54, 1.807) is 12.5 Å². The molecule has 5 rings (SSSR count). The van der Waals surface area contributed by atoms with Gasteiger partial charge in [0.2, 0.25) is 0 Å². The number of likely N-dealkylation sites (tertiary alicyclic amines) is 1. The van der Waals surface area contributed by atoms with Gasteiger partial charge in [-0.25, -0.2) is 4.98 Å². The van der Waals surface area contributed by atoms with E-state index >= 15 is 0 Å². The van der Waals surface area contributed by atoms with E-state index in [2.05, 4.69) is 9.88 Å². The molecule has 0 amide bonds. The number of ketones is 1. The molecular weight excluding hydrogens is 446 g/mol. The molecule has 2 heterocycles. The molecule has 36 heavy (non-hydrogen) atoms. The van der Waals surface area contributed by atoms with E-state index in [0.717, 1.165) is 61.3 Å². The average molecular weight is 480 g/mol. The van der Waals surface area contributed by atoms with E-state index in [-0.39, 0.29) is 11.7 Å². The number of aliphatic hydroxyl groups is 1. The van der Waals surface area contributed by atoms with Gasteiger partial charge in [0.15, 0.2) is 5.78 Å². The first kappa shape index (κ1) is 24.2. The third-order valence-electron chi connectivity index (χ3n) is 7.48. The molecule has 1 aliphatic heterocycles. The Labute approximate surface area is 213 Å². The third kappa shape index (κ3) is 5.18. The van der Waals surface area contributed by atoms with E-state index < -0.39 is 5.60 Å². The molecule has 1 aliphatic rings. The van der Waals surface area contributed by atoms with Crippen LogP contribution >= 0.6 is 0 Å². The van der Waals surface area contributed by atoms with Crippen molar-refractivity contribution in [2.24, 2.45) is 5.92 Å². The average Bonchev–Trinajstić information content (AvgIpc) is 3.49. The zero-order valence-corrected chi connectivity index (χ0v) is 20.5. The van der Waals surface area contributed by atoms with Crippen molar-refractivity contribution in [2.75, 3.05) is 19.6 Å². The number of Topliss-reactive ketones (excluding diaryl/α,β-unsaturated/α-hetero) is 1. The van der Waals surface area contributed by atoms with Gasteiger partial charge in [-0.05, 0) is 80.2 Å². The summed E-state index contributed by atoms with van der Waals surface area (Å²) in [7, 11) is 0. The summed E-state index contributed by atoms with van der Waals surface area (Å²) < 4.78 is 1.93. The van der Waals surface area contributed by atoms with Crippen molar-refractivity contribution in [3.63, 3.8) is 0 Å². The molecule has 1 saturated heterocycles. The van der Waals surface area contributed by atoms with Gasteiger partial charge >= 0.3 is 0 Å². The summed E-state index contributed by atoms with van der Waals surface area (Å²) in [5, 5.41) is 12.1. The highest BCUT2D eigenvalue weighted by molar-refractivity contribution is 5.96. The van der Waals surface area contributed by atoms with Crippen LogP contribution in [0.1, 0.15) is 47.2 Å². The lowest BCUT2D eigenvalue weighted by Gasteiger charge is -2.42. The molecule has 0 radical (unpaired) electrons. The van der Waals surface area contributed by atoms with Gasteiger partial charge in [-0.3, -0.25) is 4.79 Å². The van der Waals surface area contributed by atoms with Crippen molar-refractivity contribution in [1.29, 1.82) is 0 Å². The van der Waals surface area contributed by atoms with Crippen LogP contribution in [0.2, 0.25) is 0 Å². The maximum absolute atomic E-state index is 12.7. The highest BCUT2D eigenvalue weighted by atomic mass is 16.3. The standard InChI is InChI=1S/C31H33N3O2/c35-30(25-13-15-29(16-14-25)34-23-19-32-24-34)12-7-20-33-21-17-28(18-22-33)31(36,26-8-3-1-4-9-26)27-10-5-2-6-11-27/h1-6,8-11,13-16,19,23-24,28,36H,7,12,17-18,20-22H2. The number of hydrogen-bond donors (Lipinski definition) is 1. The number of imidazole rings is 1. The van der Waals surface area contributed by atoms with Gasteiger partial charge in [0.05, 0.1) is 6.33 Å². The molecule has 4 aromatic rings. The Morgan fingerprint density at radius 1 is 0.889 bits per heavy atom. The van der Waals surface area contributed by atoms with Crippen LogP contribution in [0.15, 0.2) is 104 Å². The van der Waals surface area contributed by atoms with Crippen LogP contribution in [0.5, 0.6) is 0 Å². The second-order valence-corrected chi connectivity index (χ2v) is 9.66. The summed E-state index contributed by atoms with van der Waals surface area (Å²) in [5.41, 5.74) is 2.68. The number of aromatic nitrogens is 2. The molecule has 1 N–H and O–H groups in total. The van der Waals surface area contributed by atoms with Crippen LogP contribution in [-0.4, -0.2) is 45.0 Å². The van der Waals surface area contributed by atoms with Crippen molar-refractivity contribution in [2.45, 2.75) is 31.3 Å². The van der Waals surface area contributed by atoms with Crippen LogP contribution < -0.4 is 0 Å². The number of hydrogen-bond acceptors (Lipinski definition) is 4. The SMILES string of the molecule is O=C(CCCN1CCC(C(O)(c2ccccc2)c2ccccc2)CC1)c1ccc(-n2ccnc2)cc1. The maximum atomic E-state index is 12.7. The zero-order valence-electron chi connectivity index (χ0n) is 20.5. The quantitative estimate of drug-likeness (QED) is 0.323. The van der Waals surface area contributed by atoms with Gasteiger partial charge in [-0.15, -0.1) is 0 Å². The fraction of sp³-hybridized carbons (Fsp3) is 0.290. The Morgan fingerprint density at radius 3 is 2.06 bits per heavy atom. The number of piperidine rings is 1. The number of benzene rings is 3. The fourth-order valence-electron chi connectivity index (χ4n) is 5.44. The minimum Gasteiger partial charge on any atom is -0.380 e. The summed E-state index contributed by atoms with van der Waals surface area (Å²) in [4.78, 5) is 19.2. The Hall–Kier alpha value is -3.54. The smallest absolute Gasteiger partial charge is 0.162 e. The van der Waals surface area contributed by atoms with Crippen molar-refractivity contribution < 1.29 is 9.90 Å². The summed E-state index contributed by atoms with van der Waals surface area (Å²) in [6.07, 6.45) is 8.61. The molecule has 0 bridgehead atoms. The molecule has 0 atom stereocenters. The molecule has 0 aliphatic carbocycles. The van der Waals surface area contributed by atoms with E-state index in [0.29, 0.717) is 6.42 Å². The zero-order chi connectivity index (χ0) is 24.8. The van der Waals surface area contributed by atoms with Gasteiger partial charge in [-0.2, -0.15) is 0 Å². The van der Waals surface area contributed by atoms with Crippen molar-refractivity contribution in [1.82, 2.24) is 14.5 Å². The molecule has 184 valence electrons. The number of carbonyl (C=O) groups excluding carboxylic acids is 1. The summed E-state index contributed by atoms with van der Waals surface area (Å²) in [6, 6.07) is 27.8. The largest absolute Gasteiger partial charge is 0.380 e. The van der Waals surface area contributed by atoms with Gasteiger partial charge in [0.1, 0.15) is 5.60 Å². The predicted molar refractivity (Wildman–Crippen MR) is 142 cm³/mol. The third-order valence-corrected chi connectivity index (χ3v) is 7.48. The second-order valence-electron chi connectivity index (χ2n) is 9.66. The fourth-order valence-corrected chi connectivity index (χ4v) is 5.44. The predicted octanol–water partition coefficient (Wildman–Crippen LogP) is 5.48. The molecule has 1 aromatic heterocycles. The van der Waals surface area contributed by atoms with Crippen LogP contribution in [0.4, 0.5) is 0 Å². The molecule has 5 nitrogen and oxygen atoms in total. The van der Waals surface area contributed by atoms with Crippen LogP contribution in [0.25, 0.3) is 5.69 Å². The van der Waals surface area contributed by atoms with Gasteiger partial charge in [0.25, 0.3) is 0 Å². The molecule has 0 spiro atoms. The number of nitrogens with zero attached hydrogens (tertiary/aromatic N) is 3. The topological polar surface area (TPSA) is 58.4 Å². The molecule has 5 heteroatoms. The lowest BCUT2D eigenvalue weighted by molar-refractivity contribution is -0.0142. The monoisotopic (exact) mass is 479 g/mol. The van der Waals surface area contributed by atoms with E-state index in [9.17, 15) is 9.90 Å². The molecule has 3 aromatic carbocycles. The van der Waals surface area contributed by atoms with Gasteiger partial charge < -0.3 is 14.6 Å². The summed E-state index contributed by atoms with van der Waals surface area (Å²) in [5.74, 6) is 0.332. The Bertz CT molecular complexity index is 1190. The summed E-state index contributed by atoms with van der Waals surface area (Å²) in [6.45, 7) is 2.77. The maximum Gasteiger partial charge on any atom is 0.162 e. The lowest BCUT2D eigenvalue weighted by atomic mass is 9.72. The first-order valence-corrected chi connectivity index (χ1v) is 12.8. The normalized spacial score (nSPS) is 15.1. The Balaban J connectivity index is 1.15. The van der Waals surface area contributed by atoms with Gasteiger partial charge in [-0.1, -0.05) is 60.7 Å². The molecular formula is C31H33N3O2. The highest BCUT2D eigenvalue weighted by Crippen LogP contribution is 2.41. The summed E-state index contributed by atoms with van der Waals surface area (Å²) >= 11 is 0. The Morgan fingerprint density at radius 2 is 1.50 bits per heavy atom. The van der Waals surface area contributed by atoms with Gasteiger partial charge in [0, 0.05) is 30.1 Å². The first-order valence-electron chi connectivity index (χ1n) is 12.8. The first-order chi connectivity index (χ1) is 17.6. The van der Waals surface area contributed by atoms with E-state index in [1.165, 1.54) is 0 Å². The number of carbonyl (C=O) groups is 1. The molecule has 0 unspecified atom stereocenters. The second kappa shape index (κ2) is 11.0. The number of rotatable bonds is 9. The van der Waals surface area contributed by atoms with Crippen molar-refractivity contribution in [3.05, 3.63) is 120 Å². The molecule has 1 fully saturated rings. The Kier molecular flexibility index (Phi) is 7.40. The van der Waals surface area contributed by atoms with Crippen molar-refractivity contribution in [3.8, 4) is 5.69 Å². The van der Waals surface area contributed by atoms with Crippen molar-refractivity contribution >= 4 is 5.78 Å². The lowest BCUT2D eigenvalue weighted by Crippen LogP contribution is -2.44. The van der Waals surface area contributed by atoms with E-state index in [1.807, 2.05) is 95.7 Å². The molecule has 0 saturated carbocycles. The van der Waals surface area contributed by atoms with Crippen LogP contribution in [0, 0.1) is 5.92 Å². The van der Waals surface area contributed by atoms with E-state index in [4.69, 9.17) is 0 Å². The van der Waals surface area contributed by atoms with Crippen LogP contribution in [0.3, 0.4) is 0 Å². The highest BCUT2D eigenvalue weighted by Gasteiger charge is 2.41. The van der Waals surface area contributed by atoms with Crippen LogP contribution in [-0.2, 0) is 5.60 Å². The minimum atomic E-state index is -0.993.